The van der Waals surface area contributed by atoms with Crippen molar-refractivity contribution in [2.75, 3.05) is 5.75 Å². The van der Waals surface area contributed by atoms with Crippen molar-refractivity contribution in [1.82, 2.24) is 5.32 Å². The Hall–Kier alpha value is -2.61. The molecule has 0 aliphatic rings. The molecule has 1 atom stereocenters. The molecule has 0 aliphatic heterocycles. The van der Waals surface area contributed by atoms with Gasteiger partial charge in [0, 0.05) is 27.5 Å². The Bertz CT molecular complexity index is 942. The van der Waals surface area contributed by atoms with Crippen molar-refractivity contribution in [2.24, 2.45) is 5.11 Å². The van der Waals surface area contributed by atoms with E-state index in [1.54, 1.807) is 45.9 Å². The molecule has 0 saturated carbocycles. The Labute approximate surface area is 196 Å². The van der Waals surface area contributed by atoms with Crippen molar-refractivity contribution in [1.29, 1.82) is 0 Å². The van der Waals surface area contributed by atoms with Crippen LogP contribution in [0.15, 0.2) is 59.7 Å². The van der Waals surface area contributed by atoms with Gasteiger partial charge in [-0.25, -0.2) is 4.79 Å². The van der Waals surface area contributed by atoms with E-state index in [2.05, 4.69) is 36.1 Å². The summed E-state index contributed by atoms with van der Waals surface area (Å²) in [4.78, 5) is 28.1. The number of aryl methyl sites for hydroxylation is 1. The first kappa shape index (κ1) is 25.6. The van der Waals surface area contributed by atoms with E-state index in [1.165, 1.54) is 0 Å². The number of nitrogens with zero attached hydrogens (tertiary/aromatic N) is 3. The van der Waals surface area contributed by atoms with Crippen molar-refractivity contribution in [3.05, 3.63) is 76.2 Å². The third-order valence-corrected chi connectivity index (χ3v) is 7.58. The summed E-state index contributed by atoms with van der Waals surface area (Å²) in [6.45, 7) is 6.23. The molecular formula is C23H28N4O3S2. The van der Waals surface area contributed by atoms with Crippen LogP contribution in [0.5, 0.6) is 0 Å². The molecule has 9 heteroatoms. The molecule has 0 bridgehead atoms. The number of benzene rings is 2. The van der Waals surface area contributed by atoms with E-state index in [0.717, 1.165) is 5.56 Å². The SMILES string of the molecule is CC(C)(C)SSC[C@H](NC(=O)OCc1ccccc1N=[N+]=[N-])C(=O)CCc1ccccc1. The van der Waals surface area contributed by atoms with Gasteiger partial charge in [0.1, 0.15) is 12.6 Å². The van der Waals surface area contributed by atoms with Crippen LogP contribution >= 0.6 is 21.6 Å². The van der Waals surface area contributed by atoms with E-state index in [4.69, 9.17) is 10.3 Å². The summed E-state index contributed by atoms with van der Waals surface area (Å²) >= 11 is 0. The van der Waals surface area contributed by atoms with Crippen molar-refractivity contribution >= 4 is 39.2 Å². The number of hydrogen-bond acceptors (Lipinski definition) is 6. The average Bonchev–Trinajstić information content (AvgIpc) is 2.76. The number of Topliss-reactive ketones (excluding diaryl/α,β-unsaturated/α-hetero) is 1. The van der Waals surface area contributed by atoms with E-state index in [-0.39, 0.29) is 17.1 Å². The molecule has 2 rings (SSSR count). The van der Waals surface area contributed by atoms with Crippen molar-refractivity contribution in [2.45, 2.75) is 51.0 Å². The number of alkyl carbamates (subject to hydrolysis) is 1. The Morgan fingerprint density at radius 1 is 1.12 bits per heavy atom. The standard InChI is InChI=1S/C23H28N4O3S2/c1-23(2,3)32-31-16-20(21(28)14-13-17-9-5-4-6-10-17)25-22(29)30-15-18-11-7-8-12-19(18)26-27-24/h4-12,20H,13-16H2,1-3H3,(H,25,29)/t20-/m0/s1. The molecule has 170 valence electrons. The van der Waals surface area contributed by atoms with Gasteiger partial charge in [-0.2, -0.15) is 0 Å². The maximum atomic E-state index is 12.9. The van der Waals surface area contributed by atoms with Gasteiger partial charge in [-0.1, -0.05) is 102 Å². The van der Waals surface area contributed by atoms with Crippen LogP contribution in [-0.4, -0.2) is 28.4 Å². The van der Waals surface area contributed by atoms with Gasteiger partial charge < -0.3 is 10.1 Å². The zero-order valence-corrected chi connectivity index (χ0v) is 20.1. The molecule has 0 spiro atoms. The van der Waals surface area contributed by atoms with Gasteiger partial charge in [-0.05, 0) is 23.1 Å². The number of hydrogen-bond donors (Lipinski definition) is 1. The zero-order chi connectivity index (χ0) is 23.4. The molecule has 0 aliphatic carbocycles. The lowest BCUT2D eigenvalue weighted by molar-refractivity contribution is -0.120. The Kier molecular flexibility index (Phi) is 10.5. The van der Waals surface area contributed by atoms with Crippen LogP contribution in [0.25, 0.3) is 10.4 Å². The van der Waals surface area contributed by atoms with Crippen LogP contribution in [0.1, 0.15) is 38.3 Å². The lowest BCUT2D eigenvalue weighted by atomic mass is 10.0. The molecular weight excluding hydrogens is 444 g/mol. The first-order valence-corrected chi connectivity index (χ1v) is 12.5. The van der Waals surface area contributed by atoms with Gasteiger partial charge in [-0.15, -0.1) is 0 Å². The largest absolute Gasteiger partial charge is 0.445 e. The second-order valence-electron chi connectivity index (χ2n) is 8.02. The maximum absolute atomic E-state index is 12.9. The summed E-state index contributed by atoms with van der Waals surface area (Å²) in [5.74, 6) is 0.405. The van der Waals surface area contributed by atoms with Gasteiger partial charge in [-0.3, -0.25) is 4.79 Å². The molecule has 0 unspecified atom stereocenters. The van der Waals surface area contributed by atoms with Gasteiger partial charge in [0.05, 0.1) is 0 Å². The van der Waals surface area contributed by atoms with Crippen LogP contribution in [-0.2, 0) is 22.6 Å². The second kappa shape index (κ2) is 13.1. The zero-order valence-electron chi connectivity index (χ0n) is 18.5. The first-order chi connectivity index (χ1) is 15.3. The smallest absolute Gasteiger partial charge is 0.408 e. The third kappa shape index (κ3) is 9.68. The predicted octanol–water partition coefficient (Wildman–Crippen LogP) is 6.61. The van der Waals surface area contributed by atoms with E-state index in [9.17, 15) is 9.59 Å². The summed E-state index contributed by atoms with van der Waals surface area (Å²) < 4.78 is 5.34. The highest BCUT2D eigenvalue weighted by atomic mass is 33.1. The number of azide groups is 1. The van der Waals surface area contributed by atoms with Crippen molar-refractivity contribution in [3.8, 4) is 0 Å². The van der Waals surface area contributed by atoms with Crippen LogP contribution in [0.3, 0.4) is 0 Å². The van der Waals surface area contributed by atoms with E-state index in [1.807, 2.05) is 30.3 Å². The van der Waals surface area contributed by atoms with E-state index < -0.39 is 12.1 Å². The molecule has 1 N–H and O–H groups in total. The van der Waals surface area contributed by atoms with Crippen LogP contribution in [0.2, 0.25) is 0 Å². The fourth-order valence-electron chi connectivity index (χ4n) is 2.69. The second-order valence-corrected chi connectivity index (χ2v) is 11.2. The highest BCUT2D eigenvalue weighted by molar-refractivity contribution is 8.77. The number of nitrogens with one attached hydrogen (secondary N) is 1. The first-order valence-electron chi connectivity index (χ1n) is 10.2. The molecule has 7 nitrogen and oxygen atoms in total. The molecule has 0 saturated heterocycles. The van der Waals surface area contributed by atoms with E-state index in [0.29, 0.717) is 29.8 Å². The minimum absolute atomic E-state index is 0.0355. The number of ether oxygens (including phenoxy) is 1. The number of amides is 1. The number of carbonyl (C=O) groups excluding carboxylic acids is 2. The molecule has 0 heterocycles. The lowest BCUT2D eigenvalue weighted by Crippen LogP contribution is -2.43. The summed E-state index contributed by atoms with van der Waals surface area (Å²) in [6, 6.07) is 16.0. The number of rotatable bonds is 11. The third-order valence-electron chi connectivity index (χ3n) is 4.23. The fraction of sp³-hybridized carbons (Fsp3) is 0.391. The quantitative estimate of drug-likeness (QED) is 0.172. The Morgan fingerprint density at radius 2 is 1.81 bits per heavy atom. The average molecular weight is 473 g/mol. The molecule has 32 heavy (non-hydrogen) atoms. The van der Waals surface area contributed by atoms with Gasteiger partial charge in [0.25, 0.3) is 0 Å². The summed E-state index contributed by atoms with van der Waals surface area (Å²) in [5, 5.41) is 6.31. The summed E-state index contributed by atoms with van der Waals surface area (Å²) in [6.07, 6.45) is 0.263. The highest BCUT2D eigenvalue weighted by Crippen LogP contribution is 2.35. The molecule has 2 aromatic rings. The minimum Gasteiger partial charge on any atom is -0.445 e. The normalized spacial score (nSPS) is 11.8. The van der Waals surface area contributed by atoms with Gasteiger partial charge in [0.15, 0.2) is 5.78 Å². The summed E-state index contributed by atoms with van der Waals surface area (Å²) in [7, 11) is 3.22. The van der Waals surface area contributed by atoms with Crippen molar-refractivity contribution in [3.63, 3.8) is 0 Å². The Balaban J connectivity index is 1.97. The van der Waals surface area contributed by atoms with Crippen LogP contribution in [0.4, 0.5) is 10.5 Å². The maximum Gasteiger partial charge on any atom is 0.408 e. The predicted molar refractivity (Wildman–Crippen MR) is 132 cm³/mol. The molecule has 1 amide bonds. The number of carbonyl (C=O) groups is 2. The molecule has 2 aromatic carbocycles. The Morgan fingerprint density at radius 3 is 2.50 bits per heavy atom. The lowest BCUT2D eigenvalue weighted by Gasteiger charge is -2.20. The van der Waals surface area contributed by atoms with Crippen molar-refractivity contribution < 1.29 is 14.3 Å². The monoisotopic (exact) mass is 472 g/mol. The van der Waals surface area contributed by atoms with Crippen LogP contribution < -0.4 is 5.32 Å². The summed E-state index contributed by atoms with van der Waals surface area (Å²) in [5.41, 5.74) is 10.7. The molecule has 0 aromatic heterocycles. The fourth-order valence-corrected chi connectivity index (χ4v) is 5.19. The number of ketones is 1. The highest BCUT2D eigenvalue weighted by Gasteiger charge is 2.23. The van der Waals surface area contributed by atoms with Crippen LogP contribution in [0, 0.1) is 0 Å². The molecule has 0 radical (unpaired) electrons. The molecule has 0 fully saturated rings. The topological polar surface area (TPSA) is 104 Å². The minimum atomic E-state index is -0.680. The van der Waals surface area contributed by atoms with Gasteiger partial charge >= 0.3 is 6.09 Å². The van der Waals surface area contributed by atoms with Gasteiger partial charge in [0.2, 0.25) is 0 Å². The van der Waals surface area contributed by atoms with E-state index >= 15 is 0 Å².